The topological polar surface area (TPSA) is 140 Å². The molecule has 8 unspecified atom stereocenters. The molecule has 2 rings (SSSR count). The third kappa shape index (κ3) is 49.4. The fourth-order valence-corrected chi connectivity index (χ4v) is 15.1. The predicted molar refractivity (Wildman–Crippen MR) is 374 cm³/mol. The van der Waals surface area contributed by atoms with Gasteiger partial charge in [0.2, 0.25) is 0 Å². The first kappa shape index (κ1) is 83.7. The zero-order valence-electron chi connectivity index (χ0n) is 57.8. The number of aliphatic hydroxyl groups is 4. The van der Waals surface area contributed by atoms with E-state index in [2.05, 4.69) is 37.5 Å². The lowest BCUT2D eigenvalue weighted by atomic mass is 10.0. The smallest absolute Gasteiger partial charge is 0.189 e. The lowest BCUT2D eigenvalue weighted by Gasteiger charge is -2.27. The number of unbranched alkanes of at least 4 members (excludes halogenated alkanes) is 38. The van der Waals surface area contributed by atoms with E-state index in [4.69, 9.17) is 9.47 Å². The van der Waals surface area contributed by atoms with Crippen LogP contribution < -0.4 is 0 Å². The fourth-order valence-electron chi connectivity index (χ4n) is 12.8. The number of ether oxygens (including phenoxy) is 2. The van der Waals surface area contributed by atoms with E-state index in [1.807, 2.05) is 13.8 Å². The van der Waals surface area contributed by atoms with E-state index < -0.39 is 24.4 Å². The normalized spacial score (nSPS) is 18.2. The number of aliphatic hydroxyl groups excluding tert-OH is 4. The van der Waals surface area contributed by atoms with Crippen molar-refractivity contribution in [1.29, 1.82) is 0 Å². The van der Waals surface area contributed by atoms with Crippen molar-refractivity contribution < 1.29 is 39.5 Å². The molecule has 2 fully saturated rings. The van der Waals surface area contributed by atoms with Crippen LogP contribution in [0.15, 0.2) is 0 Å². The van der Waals surface area contributed by atoms with Crippen molar-refractivity contribution in [3.05, 3.63) is 0 Å². The summed E-state index contributed by atoms with van der Waals surface area (Å²) in [5.74, 6) is 0. The number of fused-ring (bicyclic) bond motifs is 1. The number of carbonyl (C=O) groups is 2. The summed E-state index contributed by atoms with van der Waals surface area (Å²) in [6.45, 7) is 17.8. The number of hydrogen-bond acceptors (Lipinski definition) is 12. The molecule has 2 heterocycles. The Morgan fingerprint density at radius 1 is 0.337 bits per heavy atom. The molecule has 0 aromatic rings. The lowest BCUT2D eigenvalue weighted by molar-refractivity contribution is -0.111. The first-order valence-corrected chi connectivity index (χ1v) is 39.6. The Bertz CT molecular complexity index is 1280. The predicted octanol–water partition coefficient (Wildman–Crippen LogP) is 19.7. The lowest BCUT2D eigenvalue weighted by Crippen LogP contribution is -2.38. The summed E-state index contributed by atoms with van der Waals surface area (Å²) in [4.78, 5) is 31.3. The molecule has 2 aliphatic rings. The van der Waals surface area contributed by atoms with Gasteiger partial charge in [0.05, 0.1) is 60.3 Å². The molecule has 12 heteroatoms. The Kier molecular flexibility index (Phi) is 60.5. The van der Waals surface area contributed by atoms with Crippen molar-refractivity contribution in [2.75, 3.05) is 52.5 Å². The van der Waals surface area contributed by atoms with E-state index in [-0.39, 0.29) is 32.9 Å². The molecule has 0 amide bonds. The van der Waals surface area contributed by atoms with E-state index in [9.17, 15) is 30.0 Å². The summed E-state index contributed by atoms with van der Waals surface area (Å²) in [5, 5.41) is 44.8. The van der Waals surface area contributed by atoms with E-state index >= 15 is 0 Å². The van der Waals surface area contributed by atoms with Crippen LogP contribution in [0.1, 0.15) is 363 Å². The third-order valence-corrected chi connectivity index (χ3v) is 20.5. The maximum atomic E-state index is 13.4. The molecule has 10 nitrogen and oxygen atoms in total. The molecule has 0 saturated carbocycles. The highest BCUT2D eigenvalue weighted by atomic mass is 32.2. The van der Waals surface area contributed by atoms with Crippen molar-refractivity contribution in [2.24, 2.45) is 0 Å². The summed E-state index contributed by atoms with van der Waals surface area (Å²) in [6.07, 6.45) is 56.5. The van der Waals surface area contributed by atoms with Crippen molar-refractivity contribution >= 4 is 33.8 Å². The van der Waals surface area contributed by atoms with Crippen LogP contribution in [-0.2, 0) is 19.1 Å². The van der Waals surface area contributed by atoms with Gasteiger partial charge < -0.3 is 29.9 Å². The van der Waals surface area contributed by atoms with Crippen LogP contribution in [0, 0.1) is 0 Å². The molecular weight excluding hydrogens is 1110 g/mol. The van der Waals surface area contributed by atoms with Gasteiger partial charge in [-0.05, 0) is 64.5 Å². The molecule has 0 radical (unpaired) electrons. The van der Waals surface area contributed by atoms with Crippen LogP contribution in [0.25, 0.3) is 0 Å². The number of carbonyl (C=O) groups excluding carboxylic acids is 2. The SMILES string of the molecule is CC.CCCCCCCCCCCCC(O)CN(CCCCC(=O)SC1COC2C(SC(=O)CCCCN(CC(O)CCCCCCCCCCCC)CC(O)CCCCCCCCCCCC)COC12)CC(O)CCCCCCCCCCCC. The van der Waals surface area contributed by atoms with Gasteiger partial charge in [-0.25, -0.2) is 0 Å². The summed E-state index contributed by atoms with van der Waals surface area (Å²) in [6, 6.07) is 0. The van der Waals surface area contributed by atoms with Gasteiger partial charge in [-0.3, -0.25) is 19.4 Å². The average molecular weight is 1260 g/mol. The molecule has 0 spiro atoms. The van der Waals surface area contributed by atoms with Gasteiger partial charge in [-0.2, -0.15) is 0 Å². The second kappa shape index (κ2) is 62.2. The summed E-state index contributed by atoms with van der Waals surface area (Å²) in [5.41, 5.74) is 0. The molecule has 0 aromatic carbocycles. The maximum Gasteiger partial charge on any atom is 0.189 e. The maximum absolute atomic E-state index is 13.4. The van der Waals surface area contributed by atoms with Crippen LogP contribution in [-0.4, -0.2) is 140 Å². The Balaban J connectivity index is 0.0000183. The van der Waals surface area contributed by atoms with Crippen molar-refractivity contribution in [1.82, 2.24) is 9.80 Å². The number of rotatable bonds is 64. The van der Waals surface area contributed by atoms with Crippen LogP contribution in [0.4, 0.5) is 0 Å². The largest absolute Gasteiger partial charge is 0.392 e. The Morgan fingerprint density at radius 3 is 0.767 bits per heavy atom. The van der Waals surface area contributed by atoms with Crippen LogP contribution >= 0.6 is 23.5 Å². The quantitative estimate of drug-likeness (QED) is 0.0431. The number of hydrogen-bond donors (Lipinski definition) is 4. The highest BCUT2D eigenvalue weighted by Gasteiger charge is 2.49. The minimum Gasteiger partial charge on any atom is -0.392 e. The number of thioether (sulfide) groups is 2. The molecule has 512 valence electrons. The second-order valence-electron chi connectivity index (χ2n) is 26.6. The van der Waals surface area contributed by atoms with Gasteiger partial charge in [-0.1, -0.05) is 322 Å². The first-order valence-electron chi connectivity index (χ1n) is 37.9. The van der Waals surface area contributed by atoms with Gasteiger partial charge in [0.15, 0.2) is 10.2 Å². The molecule has 8 atom stereocenters. The molecule has 86 heavy (non-hydrogen) atoms. The van der Waals surface area contributed by atoms with E-state index in [0.29, 0.717) is 52.2 Å². The van der Waals surface area contributed by atoms with Crippen molar-refractivity contribution in [2.45, 2.75) is 410 Å². The molecule has 0 bridgehead atoms. The number of nitrogens with zero attached hydrogens (tertiary/aromatic N) is 2. The standard InChI is InChI=1S/C72H140N2O8S2.C2H6/c1-5-9-13-17-21-25-29-33-37-41-49-63(75)57-73(58-64(76)50-42-38-34-30-26-22-18-14-10-6-2)55-47-45-53-69(79)83-67-61-81-72-68(62-82-71(67)72)84-70(80)54-46-48-56-74(59-65(77)51-43-39-35-31-27-23-19-15-11-7-3)60-66(78)52-44-40-36-32-28-24-20-16-12-8-4;1-2/h63-68,71-72,75-78H,5-62H2,1-4H3;1-2H3. The monoisotopic (exact) mass is 1260 g/mol. The Morgan fingerprint density at radius 2 is 0.547 bits per heavy atom. The highest BCUT2D eigenvalue weighted by Crippen LogP contribution is 2.40. The zero-order chi connectivity index (χ0) is 62.8. The highest BCUT2D eigenvalue weighted by molar-refractivity contribution is 8.14. The molecule has 0 aromatic heterocycles. The molecular formula is C74H146N2O8S2. The Labute approximate surface area is 542 Å². The van der Waals surface area contributed by atoms with E-state index in [1.54, 1.807) is 0 Å². The van der Waals surface area contributed by atoms with Crippen LogP contribution in [0.2, 0.25) is 0 Å². The van der Waals surface area contributed by atoms with Gasteiger partial charge >= 0.3 is 0 Å². The first-order chi connectivity index (χ1) is 42.1. The molecule has 0 aliphatic carbocycles. The summed E-state index contributed by atoms with van der Waals surface area (Å²) < 4.78 is 12.5. The van der Waals surface area contributed by atoms with E-state index in [1.165, 1.54) is 255 Å². The van der Waals surface area contributed by atoms with Crippen molar-refractivity contribution in [3.63, 3.8) is 0 Å². The Hall–Kier alpha value is -0.280. The average Bonchev–Trinajstić information content (AvgIpc) is 2.42. The van der Waals surface area contributed by atoms with Crippen LogP contribution in [0.3, 0.4) is 0 Å². The molecule has 4 N–H and O–H groups in total. The molecule has 2 aliphatic heterocycles. The third-order valence-electron chi connectivity index (χ3n) is 18.2. The van der Waals surface area contributed by atoms with Gasteiger partial charge in [0.1, 0.15) is 0 Å². The molecule has 2 saturated heterocycles. The van der Waals surface area contributed by atoms with Gasteiger partial charge in [0.25, 0.3) is 0 Å². The summed E-state index contributed by atoms with van der Waals surface area (Å²) in [7, 11) is 0. The van der Waals surface area contributed by atoms with Crippen molar-refractivity contribution in [3.8, 4) is 0 Å². The van der Waals surface area contributed by atoms with Gasteiger partial charge in [-0.15, -0.1) is 0 Å². The van der Waals surface area contributed by atoms with Crippen LogP contribution in [0.5, 0.6) is 0 Å². The minimum atomic E-state index is -0.403. The zero-order valence-corrected chi connectivity index (χ0v) is 59.4. The second-order valence-corrected chi connectivity index (χ2v) is 29.2. The van der Waals surface area contributed by atoms with E-state index in [0.717, 1.165) is 90.1 Å². The fraction of sp³-hybridized carbons (Fsp3) is 0.973. The summed E-state index contributed by atoms with van der Waals surface area (Å²) >= 11 is 2.71. The minimum absolute atomic E-state index is 0.0755. The van der Waals surface area contributed by atoms with Gasteiger partial charge in [0, 0.05) is 39.0 Å².